The number of aldehydes is 1. The number of aryl methyl sites for hydroxylation is 1. The molecule has 2 aromatic rings. The number of ether oxygens (including phenoxy) is 1. The van der Waals surface area contributed by atoms with Crippen LogP contribution in [0.15, 0.2) is 12.3 Å². The first-order valence-corrected chi connectivity index (χ1v) is 9.15. The number of nitrogens with zero attached hydrogens (tertiary/aromatic N) is 2. The summed E-state index contributed by atoms with van der Waals surface area (Å²) in [6, 6.07) is 1.60. The quantitative estimate of drug-likeness (QED) is 0.788. The third kappa shape index (κ3) is 3.99. The van der Waals surface area contributed by atoms with Gasteiger partial charge >= 0.3 is 5.97 Å². The van der Waals surface area contributed by atoms with Crippen LogP contribution in [0.4, 0.5) is 0 Å². The Morgan fingerprint density at radius 2 is 2.28 bits per heavy atom. The third-order valence-corrected chi connectivity index (χ3v) is 5.55. The fourth-order valence-corrected chi connectivity index (χ4v) is 4.15. The largest absolute Gasteiger partial charge is 0.481 e. The molecular weight excluding hydrogens is 364 g/mol. The summed E-state index contributed by atoms with van der Waals surface area (Å²) in [6.45, 7) is 1.78. The van der Waals surface area contributed by atoms with E-state index in [4.69, 9.17) is 21.4 Å². The van der Waals surface area contributed by atoms with E-state index < -0.39 is 5.97 Å². The molecule has 2 aromatic heterocycles. The van der Waals surface area contributed by atoms with Crippen LogP contribution < -0.4 is 4.74 Å². The van der Waals surface area contributed by atoms with Gasteiger partial charge in [-0.2, -0.15) is 0 Å². The normalized spacial score (nSPS) is 20.2. The minimum absolute atomic E-state index is 0.171. The lowest BCUT2D eigenvalue weighted by atomic mass is 9.87. The van der Waals surface area contributed by atoms with E-state index in [0.29, 0.717) is 44.9 Å². The Morgan fingerprint density at radius 3 is 2.96 bits per heavy atom. The molecule has 1 saturated carbocycles. The fourth-order valence-electron chi connectivity index (χ4n) is 2.99. The molecule has 0 amide bonds. The number of halogens is 1. The summed E-state index contributed by atoms with van der Waals surface area (Å²) in [4.78, 5) is 31.8. The molecule has 0 unspecified atom stereocenters. The van der Waals surface area contributed by atoms with E-state index in [1.54, 1.807) is 19.2 Å². The molecule has 0 aromatic carbocycles. The van der Waals surface area contributed by atoms with Crippen LogP contribution in [0.2, 0.25) is 4.34 Å². The summed E-state index contributed by atoms with van der Waals surface area (Å²) < 4.78 is 6.40. The maximum Gasteiger partial charge on any atom is 0.306 e. The van der Waals surface area contributed by atoms with Gasteiger partial charge in [0.25, 0.3) is 0 Å². The zero-order valence-electron chi connectivity index (χ0n) is 13.6. The van der Waals surface area contributed by atoms with Gasteiger partial charge in [-0.15, -0.1) is 11.3 Å². The Balaban J connectivity index is 1.78. The first-order chi connectivity index (χ1) is 12.0. The van der Waals surface area contributed by atoms with Crippen molar-refractivity contribution in [2.24, 2.45) is 5.92 Å². The Kier molecular flexibility index (Phi) is 5.34. The van der Waals surface area contributed by atoms with Gasteiger partial charge in [0.2, 0.25) is 5.88 Å². The van der Waals surface area contributed by atoms with Crippen LogP contribution in [0.3, 0.4) is 0 Å². The summed E-state index contributed by atoms with van der Waals surface area (Å²) in [5.41, 5.74) is 1.64. The molecule has 0 aliphatic heterocycles. The second-order valence-electron chi connectivity index (χ2n) is 6.04. The van der Waals surface area contributed by atoms with Crippen molar-refractivity contribution in [1.82, 2.24) is 9.97 Å². The number of carbonyl (C=O) groups excluding carboxylic acids is 1. The molecule has 132 valence electrons. The number of carboxylic acids is 1. The molecule has 1 aliphatic rings. The van der Waals surface area contributed by atoms with Gasteiger partial charge in [0.1, 0.15) is 11.8 Å². The minimum Gasteiger partial charge on any atom is -0.481 e. The highest BCUT2D eigenvalue weighted by Crippen LogP contribution is 2.34. The van der Waals surface area contributed by atoms with Crippen molar-refractivity contribution in [3.63, 3.8) is 0 Å². The average Bonchev–Trinajstić information content (AvgIpc) is 2.98. The van der Waals surface area contributed by atoms with Gasteiger partial charge in [0, 0.05) is 5.56 Å². The van der Waals surface area contributed by atoms with Crippen molar-refractivity contribution >= 4 is 35.2 Å². The molecule has 0 spiro atoms. The van der Waals surface area contributed by atoms with Crippen molar-refractivity contribution in [2.75, 3.05) is 0 Å². The van der Waals surface area contributed by atoms with Gasteiger partial charge in [-0.05, 0) is 38.7 Å². The van der Waals surface area contributed by atoms with Gasteiger partial charge in [-0.1, -0.05) is 11.6 Å². The fraction of sp³-hybridized carbons (Fsp3) is 0.412. The molecule has 2 heterocycles. The summed E-state index contributed by atoms with van der Waals surface area (Å²) >= 11 is 7.24. The number of aliphatic carboxylic acids is 1. The van der Waals surface area contributed by atoms with Gasteiger partial charge < -0.3 is 9.84 Å². The minimum atomic E-state index is -0.776. The van der Waals surface area contributed by atoms with Crippen LogP contribution in [0.5, 0.6) is 5.88 Å². The number of carbonyl (C=O) groups is 2. The van der Waals surface area contributed by atoms with E-state index in [1.165, 1.54) is 11.3 Å². The molecule has 1 aliphatic carbocycles. The lowest BCUT2D eigenvalue weighted by Gasteiger charge is -2.27. The molecule has 3 rings (SSSR count). The predicted molar refractivity (Wildman–Crippen MR) is 94.5 cm³/mol. The van der Waals surface area contributed by atoms with Crippen molar-refractivity contribution in [3.8, 4) is 16.5 Å². The maximum absolute atomic E-state index is 11.2. The molecule has 6 nitrogen and oxygen atoms in total. The van der Waals surface area contributed by atoms with Crippen LogP contribution in [0.25, 0.3) is 10.6 Å². The maximum atomic E-state index is 11.2. The molecule has 25 heavy (non-hydrogen) atoms. The molecule has 0 saturated heterocycles. The van der Waals surface area contributed by atoms with Crippen molar-refractivity contribution in [3.05, 3.63) is 27.9 Å². The highest BCUT2D eigenvalue weighted by atomic mass is 35.5. The number of hydrogen-bond donors (Lipinski definition) is 1. The number of thiophene rings is 1. The Labute approximate surface area is 153 Å². The lowest BCUT2D eigenvalue weighted by Crippen LogP contribution is -2.30. The monoisotopic (exact) mass is 380 g/mol. The number of carboxylic acid groups (broad SMARTS) is 1. The summed E-state index contributed by atoms with van der Waals surface area (Å²) in [5, 5.41) is 9.17. The van der Waals surface area contributed by atoms with E-state index >= 15 is 0 Å². The van der Waals surface area contributed by atoms with Crippen molar-refractivity contribution < 1.29 is 19.4 Å². The zero-order chi connectivity index (χ0) is 18.0. The predicted octanol–water partition coefficient (Wildman–Crippen LogP) is 4.00. The van der Waals surface area contributed by atoms with E-state index in [9.17, 15) is 9.59 Å². The lowest BCUT2D eigenvalue weighted by molar-refractivity contribution is -0.143. The van der Waals surface area contributed by atoms with E-state index in [2.05, 4.69) is 9.97 Å². The Bertz CT molecular complexity index is 808. The SMILES string of the molecule is Cc1nc(-c2sc(Cl)cc2C=O)cnc1O[C@H]1CCC[C@H](C(=O)O)C1. The van der Waals surface area contributed by atoms with Crippen LogP contribution in [0, 0.1) is 12.8 Å². The Morgan fingerprint density at radius 1 is 1.48 bits per heavy atom. The second-order valence-corrected chi connectivity index (χ2v) is 7.72. The van der Waals surface area contributed by atoms with E-state index in [0.717, 1.165) is 19.1 Å². The first kappa shape index (κ1) is 17.8. The van der Waals surface area contributed by atoms with Crippen molar-refractivity contribution in [2.45, 2.75) is 38.7 Å². The molecule has 0 radical (unpaired) electrons. The van der Waals surface area contributed by atoms with Gasteiger partial charge in [-0.25, -0.2) is 9.97 Å². The summed E-state index contributed by atoms with van der Waals surface area (Å²) in [6.07, 6.45) is 4.92. The highest BCUT2D eigenvalue weighted by molar-refractivity contribution is 7.19. The second kappa shape index (κ2) is 7.49. The van der Waals surface area contributed by atoms with Crippen LogP contribution in [-0.4, -0.2) is 33.4 Å². The van der Waals surface area contributed by atoms with Crippen LogP contribution >= 0.6 is 22.9 Å². The van der Waals surface area contributed by atoms with Crippen LogP contribution in [0.1, 0.15) is 41.7 Å². The summed E-state index contributed by atoms with van der Waals surface area (Å²) in [7, 11) is 0. The Hall–Kier alpha value is -1.99. The molecule has 1 fully saturated rings. The van der Waals surface area contributed by atoms with Gasteiger partial charge in [0.05, 0.1) is 27.0 Å². The average molecular weight is 381 g/mol. The first-order valence-electron chi connectivity index (χ1n) is 7.96. The number of hydrogen-bond acceptors (Lipinski definition) is 6. The van der Waals surface area contributed by atoms with Gasteiger partial charge in [-0.3, -0.25) is 9.59 Å². The van der Waals surface area contributed by atoms with Crippen molar-refractivity contribution in [1.29, 1.82) is 0 Å². The van der Waals surface area contributed by atoms with Gasteiger partial charge in [0.15, 0.2) is 6.29 Å². The molecular formula is C17H17ClN2O4S. The smallest absolute Gasteiger partial charge is 0.306 e. The number of rotatable bonds is 5. The number of aromatic nitrogens is 2. The molecule has 0 bridgehead atoms. The summed E-state index contributed by atoms with van der Waals surface area (Å²) in [5.74, 6) is -0.743. The molecule has 8 heteroatoms. The standard InChI is InChI=1S/C17H17ClN2O4S/c1-9-16(24-12-4-2-3-10(5-12)17(22)23)19-7-13(20-9)15-11(8-21)6-14(18)25-15/h6-8,10,12H,2-5H2,1H3,(H,22,23)/t10-,12-/m0/s1. The van der Waals surface area contributed by atoms with E-state index in [-0.39, 0.29) is 12.0 Å². The van der Waals surface area contributed by atoms with E-state index in [1.807, 2.05) is 0 Å². The third-order valence-electron chi connectivity index (χ3n) is 4.25. The molecule has 1 N–H and O–H groups in total. The highest BCUT2D eigenvalue weighted by Gasteiger charge is 2.28. The molecule has 2 atom stereocenters. The topological polar surface area (TPSA) is 89.4 Å². The zero-order valence-corrected chi connectivity index (χ0v) is 15.1. The van der Waals surface area contributed by atoms with Crippen LogP contribution in [-0.2, 0) is 4.79 Å².